The van der Waals surface area contributed by atoms with Crippen LogP contribution in [0.2, 0.25) is 0 Å². The number of amides is 1. The van der Waals surface area contributed by atoms with Crippen LogP contribution in [-0.4, -0.2) is 61.7 Å². The van der Waals surface area contributed by atoms with Crippen molar-refractivity contribution in [2.45, 2.75) is 29.6 Å². The van der Waals surface area contributed by atoms with E-state index < -0.39 is 33.7 Å². The smallest absolute Gasteiger partial charge is 0.404 e. The Bertz CT molecular complexity index is 2140. The van der Waals surface area contributed by atoms with E-state index in [1.807, 2.05) is 30.3 Å². The number of hydrogen-bond acceptors (Lipinski definition) is 7. The number of pyridine rings is 1. The number of sulfonamides is 1. The summed E-state index contributed by atoms with van der Waals surface area (Å²) in [5.41, 5.74) is 8.16. The van der Waals surface area contributed by atoms with Gasteiger partial charge in [-0.05, 0) is 60.9 Å². The summed E-state index contributed by atoms with van der Waals surface area (Å²) in [7, 11) is -4.53. The van der Waals surface area contributed by atoms with Crippen LogP contribution in [0, 0.1) is 0 Å². The van der Waals surface area contributed by atoms with Gasteiger partial charge in [-0.25, -0.2) is 8.42 Å². The number of carbonyl (C=O) groups excluding carboxylic acids is 1. The Balaban J connectivity index is 1.15. The Kier molecular flexibility index (Phi) is 8.19. The van der Waals surface area contributed by atoms with Gasteiger partial charge in [0.05, 0.1) is 16.1 Å². The topological polar surface area (TPSA) is 118 Å². The Morgan fingerprint density at radius 3 is 2.31 bits per heavy atom. The van der Waals surface area contributed by atoms with E-state index in [0.717, 1.165) is 30.4 Å². The Labute approximate surface area is 281 Å². The maximum atomic E-state index is 13.9. The number of para-hydroxylation sites is 1. The highest BCUT2D eigenvalue weighted by Crippen LogP contribution is 2.51. The highest BCUT2D eigenvalue weighted by molar-refractivity contribution is 7.92. The number of alkyl halides is 3. The molecule has 2 fully saturated rings. The lowest BCUT2D eigenvalue weighted by atomic mass is 10.0. The normalized spacial score (nSPS) is 16.3. The van der Waals surface area contributed by atoms with Gasteiger partial charge in [0.15, 0.2) is 5.75 Å². The first-order valence-electron chi connectivity index (χ1n) is 15.7. The van der Waals surface area contributed by atoms with E-state index in [4.69, 9.17) is 5.73 Å². The first-order valence-corrected chi connectivity index (χ1v) is 17.2. The minimum atomic E-state index is -5.16. The number of benzene rings is 4. The number of carbonyl (C=O) groups is 1. The molecule has 252 valence electrons. The van der Waals surface area contributed by atoms with Gasteiger partial charge in [0, 0.05) is 65.7 Å². The average molecular weight is 688 g/mol. The number of anilines is 2. The van der Waals surface area contributed by atoms with Crippen molar-refractivity contribution in [1.29, 1.82) is 0 Å². The van der Waals surface area contributed by atoms with Crippen LogP contribution in [-0.2, 0) is 15.6 Å². The third-order valence-electron chi connectivity index (χ3n) is 9.12. The first-order chi connectivity index (χ1) is 23.4. The molecule has 13 heteroatoms. The van der Waals surface area contributed by atoms with E-state index in [0.29, 0.717) is 37.3 Å². The Morgan fingerprint density at radius 2 is 1.59 bits per heavy atom. The largest absolute Gasteiger partial charge is 0.573 e. The van der Waals surface area contributed by atoms with Crippen LogP contribution < -0.4 is 15.2 Å². The zero-order chi connectivity index (χ0) is 34.4. The zero-order valence-corrected chi connectivity index (χ0v) is 27.0. The van der Waals surface area contributed by atoms with Crippen molar-refractivity contribution in [2.75, 3.05) is 36.6 Å². The molecule has 0 bridgehead atoms. The molecule has 1 aromatic heterocycles. The van der Waals surface area contributed by atoms with Crippen molar-refractivity contribution >= 4 is 38.2 Å². The fourth-order valence-corrected chi connectivity index (χ4v) is 7.91. The molecule has 3 N–H and O–H groups in total. The number of nitrogens with two attached hydrogens (primary N) is 1. The van der Waals surface area contributed by atoms with E-state index >= 15 is 0 Å². The van der Waals surface area contributed by atoms with Gasteiger partial charge in [-0.2, -0.15) is 0 Å². The van der Waals surface area contributed by atoms with Crippen molar-refractivity contribution in [3.05, 3.63) is 114 Å². The summed E-state index contributed by atoms with van der Waals surface area (Å²) in [6.07, 6.45) is -1.54. The predicted octanol–water partition coefficient (Wildman–Crippen LogP) is 6.63. The molecule has 4 aromatic carbocycles. The standard InChI is InChI=1S/C36H32F3N5O4S/c37-36(38,39)48-31-22-25(34(45)43-18-20-44(21-19-43)35(15-16-35)26-8-2-1-3-9-26)11-13-30(31)42-49(46,47)32-14-12-27(40)23-29(32)28-10-4-6-24-7-5-17-41-33(24)28/h1-14,17,22-23,42H,15-16,18-21,40H2. The molecular formula is C36H32F3N5O4S. The molecule has 5 aromatic rings. The molecule has 0 atom stereocenters. The fraction of sp³-hybridized carbons (Fsp3) is 0.222. The van der Waals surface area contributed by atoms with Crippen LogP contribution in [0.15, 0.2) is 108 Å². The average Bonchev–Trinajstić information content (AvgIpc) is 3.90. The Hall–Kier alpha value is -5.14. The summed E-state index contributed by atoms with van der Waals surface area (Å²) >= 11 is 0. The highest BCUT2D eigenvalue weighted by Gasteiger charge is 2.50. The molecule has 1 aliphatic heterocycles. The van der Waals surface area contributed by atoms with E-state index in [1.54, 1.807) is 29.3 Å². The van der Waals surface area contributed by atoms with E-state index in [9.17, 15) is 26.4 Å². The Morgan fingerprint density at radius 1 is 0.857 bits per heavy atom. The van der Waals surface area contributed by atoms with Crippen molar-refractivity contribution in [2.24, 2.45) is 0 Å². The van der Waals surface area contributed by atoms with Gasteiger partial charge in [0.25, 0.3) is 15.9 Å². The molecular weight excluding hydrogens is 655 g/mol. The number of nitrogens with one attached hydrogen (secondary N) is 1. The second-order valence-corrected chi connectivity index (χ2v) is 13.8. The summed E-state index contributed by atoms with van der Waals surface area (Å²) in [5, 5.41) is 0.754. The number of aromatic nitrogens is 1. The van der Waals surface area contributed by atoms with Gasteiger partial charge in [0.1, 0.15) is 0 Å². The van der Waals surface area contributed by atoms with Crippen LogP contribution in [0.25, 0.3) is 22.0 Å². The molecule has 49 heavy (non-hydrogen) atoms. The molecule has 7 rings (SSSR count). The third-order valence-corrected chi connectivity index (χ3v) is 10.5. The van der Waals surface area contributed by atoms with Crippen LogP contribution >= 0.6 is 0 Å². The molecule has 1 aliphatic carbocycles. The summed E-state index contributed by atoms with van der Waals surface area (Å²) in [4.78, 5) is 21.7. The van der Waals surface area contributed by atoms with Crippen LogP contribution in [0.5, 0.6) is 5.75 Å². The lowest BCUT2D eigenvalue weighted by molar-refractivity contribution is -0.274. The number of halogens is 3. The maximum Gasteiger partial charge on any atom is 0.573 e. The number of piperazine rings is 1. The second-order valence-electron chi connectivity index (χ2n) is 12.2. The molecule has 1 saturated carbocycles. The zero-order valence-electron chi connectivity index (χ0n) is 26.2. The summed E-state index contributed by atoms with van der Waals surface area (Å²) < 4.78 is 75.1. The number of ether oxygens (including phenoxy) is 1. The van der Waals surface area contributed by atoms with E-state index in [-0.39, 0.29) is 27.2 Å². The molecule has 0 spiro atoms. The molecule has 2 aliphatic rings. The number of hydrogen-bond donors (Lipinski definition) is 2. The lowest BCUT2D eigenvalue weighted by Crippen LogP contribution is -2.52. The van der Waals surface area contributed by atoms with Gasteiger partial charge >= 0.3 is 6.36 Å². The lowest BCUT2D eigenvalue weighted by Gasteiger charge is -2.40. The van der Waals surface area contributed by atoms with Gasteiger partial charge in [-0.3, -0.25) is 19.4 Å². The summed E-state index contributed by atoms with van der Waals surface area (Å²) in [5.74, 6) is -1.33. The van der Waals surface area contributed by atoms with E-state index in [1.165, 1.54) is 29.8 Å². The second kappa shape index (κ2) is 12.4. The van der Waals surface area contributed by atoms with Crippen LogP contribution in [0.4, 0.5) is 24.5 Å². The van der Waals surface area contributed by atoms with Crippen molar-refractivity contribution in [3.63, 3.8) is 0 Å². The van der Waals surface area contributed by atoms with Gasteiger partial charge < -0.3 is 15.4 Å². The summed E-state index contributed by atoms with van der Waals surface area (Å²) in [6.45, 7) is 2.00. The number of nitrogen functional groups attached to an aromatic ring is 1. The maximum absolute atomic E-state index is 13.9. The van der Waals surface area contributed by atoms with Gasteiger partial charge in [-0.1, -0.05) is 54.6 Å². The minimum Gasteiger partial charge on any atom is -0.404 e. The molecule has 2 heterocycles. The molecule has 0 unspecified atom stereocenters. The fourth-order valence-electron chi connectivity index (χ4n) is 6.64. The van der Waals surface area contributed by atoms with Crippen molar-refractivity contribution in [3.8, 4) is 16.9 Å². The number of rotatable bonds is 8. The molecule has 1 saturated heterocycles. The highest BCUT2D eigenvalue weighted by atomic mass is 32.2. The van der Waals surface area contributed by atoms with Gasteiger partial charge in [0.2, 0.25) is 0 Å². The van der Waals surface area contributed by atoms with Crippen molar-refractivity contribution in [1.82, 2.24) is 14.8 Å². The minimum absolute atomic E-state index is 0.0443. The van der Waals surface area contributed by atoms with Crippen LogP contribution in [0.3, 0.4) is 0 Å². The number of fused-ring (bicyclic) bond motifs is 1. The van der Waals surface area contributed by atoms with Crippen molar-refractivity contribution < 1.29 is 31.1 Å². The molecule has 9 nitrogen and oxygen atoms in total. The van der Waals surface area contributed by atoms with E-state index in [2.05, 4.69) is 31.5 Å². The quantitative estimate of drug-likeness (QED) is 0.176. The summed E-state index contributed by atoms with van der Waals surface area (Å²) in [6, 6.07) is 26.5. The first kappa shape index (κ1) is 32.4. The van der Waals surface area contributed by atoms with Gasteiger partial charge in [-0.15, -0.1) is 13.2 Å². The third kappa shape index (κ3) is 6.51. The monoisotopic (exact) mass is 687 g/mol. The van der Waals surface area contributed by atoms with Crippen LogP contribution in [0.1, 0.15) is 28.8 Å². The SMILES string of the molecule is Nc1ccc(S(=O)(=O)Nc2ccc(C(=O)N3CCN(C4(c5ccccc5)CC4)CC3)cc2OC(F)(F)F)c(-c2cccc3cccnc23)c1. The molecule has 0 radical (unpaired) electrons. The predicted molar refractivity (Wildman–Crippen MR) is 180 cm³/mol. The number of nitrogens with zero attached hydrogens (tertiary/aromatic N) is 3. The molecule has 1 amide bonds.